The molecule has 10 heteroatoms. The summed E-state index contributed by atoms with van der Waals surface area (Å²) in [6, 6.07) is 9.64. The Hall–Kier alpha value is -3.50. The summed E-state index contributed by atoms with van der Waals surface area (Å²) in [5.74, 6) is 0.00555. The minimum atomic E-state index is -4.48. The van der Waals surface area contributed by atoms with E-state index in [1.807, 2.05) is 6.92 Å². The molecule has 4 rings (SSSR count). The minimum absolute atomic E-state index is 0.0720. The topological polar surface area (TPSA) is 79.4 Å². The fraction of sp³-hybridized carbons (Fsp3) is 0.320. The summed E-state index contributed by atoms with van der Waals surface area (Å²) in [4.78, 5) is 23.8. The standard InChI is InChI=1S/C25H26F3N5O2/c1-17-5-6-18(23(34)32-21-4-2-3-20(14-21)25(26,27)28)13-22(17)19-15-30-24(31-16-19)29-7-8-33-9-11-35-12-10-33/h2-6,13-16H,7-12H2,1H3,(H,32,34)(H,29,30,31). The number of hydrogen-bond donors (Lipinski definition) is 2. The number of rotatable bonds is 7. The first-order valence-corrected chi connectivity index (χ1v) is 11.3. The molecule has 0 saturated carbocycles. The number of hydrogen-bond acceptors (Lipinski definition) is 6. The number of carbonyl (C=O) groups excluding carboxylic acids is 1. The normalized spacial score (nSPS) is 14.5. The predicted octanol–water partition coefficient (Wildman–Crippen LogP) is 4.47. The molecule has 1 amide bonds. The molecule has 0 aliphatic carbocycles. The number of alkyl halides is 3. The third kappa shape index (κ3) is 6.55. The first-order valence-electron chi connectivity index (χ1n) is 11.3. The second kappa shape index (κ2) is 10.8. The zero-order chi connectivity index (χ0) is 24.8. The molecule has 1 saturated heterocycles. The van der Waals surface area contributed by atoms with E-state index in [0.29, 0.717) is 18.1 Å². The average molecular weight is 486 g/mol. The van der Waals surface area contributed by atoms with Gasteiger partial charge >= 0.3 is 6.18 Å². The van der Waals surface area contributed by atoms with Gasteiger partial charge in [0.15, 0.2) is 0 Å². The Labute approximate surface area is 201 Å². The molecule has 0 unspecified atom stereocenters. The highest BCUT2D eigenvalue weighted by Crippen LogP contribution is 2.31. The lowest BCUT2D eigenvalue weighted by molar-refractivity contribution is -0.137. The molecule has 2 heterocycles. The Morgan fingerprint density at radius 2 is 1.83 bits per heavy atom. The van der Waals surface area contributed by atoms with Gasteiger partial charge in [-0.3, -0.25) is 9.69 Å². The van der Waals surface area contributed by atoms with Crippen LogP contribution in [0.2, 0.25) is 0 Å². The van der Waals surface area contributed by atoms with Gasteiger partial charge in [0, 0.05) is 55.4 Å². The zero-order valence-corrected chi connectivity index (χ0v) is 19.2. The van der Waals surface area contributed by atoms with Gasteiger partial charge in [-0.05, 0) is 48.4 Å². The van der Waals surface area contributed by atoms with Gasteiger partial charge in [-0.2, -0.15) is 13.2 Å². The fourth-order valence-corrected chi connectivity index (χ4v) is 3.76. The van der Waals surface area contributed by atoms with Crippen molar-refractivity contribution < 1.29 is 22.7 Å². The maximum Gasteiger partial charge on any atom is 0.416 e. The highest BCUT2D eigenvalue weighted by molar-refractivity contribution is 6.05. The van der Waals surface area contributed by atoms with E-state index in [1.165, 1.54) is 12.1 Å². The number of amides is 1. The summed E-state index contributed by atoms with van der Waals surface area (Å²) >= 11 is 0. The number of benzene rings is 2. The SMILES string of the molecule is Cc1ccc(C(=O)Nc2cccc(C(F)(F)F)c2)cc1-c1cnc(NCCN2CCOCC2)nc1. The van der Waals surface area contributed by atoms with Gasteiger partial charge in [0.1, 0.15) is 0 Å². The monoisotopic (exact) mass is 485 g/mol. The van der Waals surface area contributed by atoms with Crippen molar-refractivity contribution in [3.63, 3.8) is 0 Å². The second-order valence-electron chi connectivity index (χ2n) is 8.24. The Balaban J connectivity index is 1.41. The van der Waals surface area contributed by atoms with Crippen molar-refractivity contribution in [2.45, 2.75) is 13.1 Å². The van der Waals surface area contributed by atoms with Crippen LogP contribution in [-0.4, -0.2) is 60.2 Å². The molecule has 2 aromatic carbocycles. The van der Waals surface area contributed by atoms with E-state index < -0.39 is 17.6 Å². The molecule has 35 heavy (non-hydrogen) atoms. The molecule has 0 spiro atoms. The Morgan fingerprint density at radius 3 is 2.54 bits per heavy atom. The van der Waals surface area contributed by atoms with Gasteiger partial charge in [-0.1, -0.05) is 12.1 Å². The molecule has 7 nitrogen and oxygen atoms in total. The Bertz CT molecular complexity index is 1160. The smallest absolute Gasteiger partial charge is 0.379 e. The summed E-state index contributed by atoms with van der Waals surface area (Å²) in [6.45, 7) is 6.82. The molecule has 1 aromatic heterocycles. The van der Waals surface area contributed by atoms with Crippen LogP contribution in [0.4, 0.5) is 24.8 Å². The van der Waals surface area contributed by atoms with Crippen molar-refractivity contribution in [2.24, 2.45) is 0 Å². The quantitative estimate of drug-likeness (QED) is 0.514. The van der Waals surface area contributed by atoms with Gasteiger partial charge in [0.2, 0.25) is 5.95 Å². The highest BCUT2D eigenvalue weighted by atomic mass is 19.4. The van der Waals surface area contributed by atoms with Crippen LogP contribution < -0.4 is 10.6 Å². The highest BCUT2D eigenvalue weighted by Gasteiger charge is 2.30. The molecule has 3 aromatic rings. The van der Waals surface area contributed by atoms with Crippen LogP contribution in [0.15, 0.2) is 54.9 Å². The zero-order valence-electron chi connectivity index (χ0n) is 19.2. The van der Waals surface area contributed by atoms with Crippen molar-refractivity contribution in [1.29, 1.82) is 0 Å². The number of aryl methyl sites for hydroxylation is 1. The number of nitrogens with one attached hydrogen (secondary N) is 2. The van der Waals surface area contributed by atoms with Gasteiger partial charge in [0.25, 0.3) is 5.91 Å². The van der Waals surface area contributed by atoms with E-state index in [4.69, 9.17) is 4.74 Å². The number of morpholine rings is 1. The molecule has 0 atom stereocenters. The van der Waals surface area contributed by atoms with E-state index in [0.717, 1.165) is 61.7 Å². The maximum atomic E-state index is 13.0. The van der Waals surface area contributed by atoms with Crippen LogP contribution in [0.25, 0.3) is 11.1 Å². The van der Waals surface area contributed by atoms with Gasteiger partial charge < -0.3 is 15.4 Å². The van der Waals surface area contributed by atoms with E-state index >= 15 is 0 Å². The van der Waals surface area contributed by atoms with E-state index in [9.17, 15) is 18.0 Å². The largest absolute Gasteiger partial charge is 0.416 e. The van der Waals surface area contributed by atoms with Crippen molar-refractivity contribution in [3.05, 3.63) is 71.5 Å². The lowest BCUT2D eigenvalue weighted by Gasteiger charge is -2.26. The molecule has 1 aliphatic heterocycles. The maximum absolute atomic E-state index is 13.0. The predicted molar refractivity (Wildman–Crippen MR) is 127 cm³/mol. The Kier molecular flexibility index (Phi) is 7.62. The third-order valence-electron chi connectivity index (χ3n) is 5.73. The number of halogens is 3. The van der Waals surface area contributed by atoms with E-state index in [2.05, 4.69) is 25.5 Å². The van der Waals surface area contributed by atoms with Crippen LogP contribution in [0, 0.1) is 6.92 Å². The van der Waals surface area contributed by atoms with E-state index in [-0.39, 0.29) is 5.69 Å². The fourth-order valence-electron chi connectivity index (χ4n) is 3.76. The molecular weight excluding hydrogens is 459 g/mol. The van der Waals surface area contributed by atoms with Gasteiger partial charge in [0.05, 0.1) is 18.8 Å². The molecule has 1 fully saturated rings. The first-order chi connectivity index (χ1) is 16.8. The molecule has 0 bridgehead atoms. The second-order valence-corrected chi connectivity index (χ2v) is 8.24. The minimum Gasteiger partial charge on any atom is -0.379 e. The summed E-state index contributed by atoms with van der Waals surface area (Å²) in [6.07, 6.45) is -1.12. The van der Waals surface area contributed by atoms with Crippen LogP contribution in [0.5, 0.6) is 0 Å². The number of carbonyl (C=O) groups is 1. The molecule has 0 radical (unpaired) electrons. The summed E-state index contributed by atoms with van der Waals surface area (Å²) in [7, 11) is 0. The van der Waals surface area contributed by atoms with Gasteiger partial charge in [-0.25, -0.2) is 9.97 Å². The van der Waals surface area contributed by atoms with Crippen LogP contribution >= 0.6 is 0 Å². The first kappa shape index (κ1) is 24.6. The van der Waals surface area contributed by atoms with Crippen molar-refractivity contribution >= 4 is 17.5 Å². The van der Waals surface area contributed by atoms with Crippen LogP contribution in [-0.2, 0) is 10.9 Å². The average Bonchev–Trinajstić information content (AvgIpc) is 2.85. The number of anilines is 2. The van der Waals surface area contributed by atoms with Crippen LogP contribution in [0.3, 0.4) is 0 Å². The van der Waals surface area contributed by atoms with Crippen molar-refractivity contribution in [2.75, 3.05) is 50.0 Å². The third-order valence-corrected chi connectivity index (χ3v) is 5.73. The number of nitrogens with zero attached hydrogens (tertiary/aromatic N) is 3. The van der Waals surface area contributed by atoms with Crippen LogP contribution in [0.1, 0.15) is 21.5 Å². The van der Waals surface area contributed by atoms with Crippen molar-refractivity contribution in [3.8, 4) is 11.1 Å². The summed E-state index contributed by atoms with van der Waals surface area (Å²) in [5, 5.41) is 5.74. The molecule has 1 aliphatic rings. The van der Waals surface area contributed by atoms with Crippen molar-refractivity contribution in [1.82, 2.24) is 14.9 Å². The molecule has 2 N–H and O–H groups in total. The lowest BCUT2D eigenvalue weighted by Crippen LogP contribution is -2.39. The lowest BCUT2D eigenvalue weighted by atomic mass is 10.00. The Morgan fingerprint density at radius 1 is 1.09 bits per heavy atom. The molecule has 184 valence electrons. The van der Waals surface area contributed by atoms with E-state index in [1.54, 1.807) is 30.6 Å². The van der Waals surface area contributed by atoms with Gasteiger partial charge in [-0.15, -0.1) is 0 Å². The number of ether oxygens (including phenoxy) is 1. The summed E-state index contributed by atoms with van der Waals surface area (Å²) < 4.78 is 44.2. The number of aromatic nitrogens is 2. The summed E-state index contributed by atoms with van der Waals surface area (Å²) in [5.41, 5.74) is 1.97. The molecular formula is C25H26F3N5O2.